The normalized spacial score (nSPS) is 10.4. The van der Waals surface area contributed by atoms with Gasteiger partial charge < -0.3 is 11.1 Å². The zero-order valence-electron chi connectivity index (χ0n) is 11.0. The largest absolute Gasteiger partial charge is 0.389 e. The molecule has 2 aromatic rings. The lowest BCUT2D eigenvalue weighted by Crippen LogP contribution is -2.15. The third-order valence-corrected chi connectivity index (χ3v) is 3.54. The minimum Gasteiger partial charge on any atom is -0.389 e. The van der Waals surface area contributed by atoms with E-state index in [1.54, 1.807) is 18.2 Å². The van der Waals surface area contributed by atoms with Gasteiger partial charge in [-0.2, -0.15) is 0 Å². The predicted molar refractivity (Wildman–Crippen MR) is 89.3 cm³/mol. The molecule has 1 aromatic carbocycles. The number of nitrogens with two attached hydrogens (primary N) is 1. The standard InChI is InChI=1S/C14H13Cl2N3S/c1-7-5-12(13(14(17)20)8(2)18-7)19-11-6-9(15)3-4-10(11)16/h3-6H,1-2H3,(H2,17,20)(H,18,19). The number of hydrogen-bond donors (Lipinski definition) is 2. The van der Waals surface area contributed by atoms with Gasteiger partial charge in [0.05, 0.1) is 22.0 Å². The molecule has 0 aliphatic carbocycles. The highest BCUT2D eigenvalue weighted by molar-refractivity contribution is 7.80. The molecule has 6 heteroatoms. The highest BCUT2D eigenvalue weighted by Crippen LogP contribution is 2.30. The highest BCUT2D eigenvalue weighted by atomic mass is 35.5. The van der Waals surface area contributed by atoms with Crippen molar-refractivity contribution in [3.63, 3.8) is 0 Å². The van der Waals surface area contributed by atoms with Crippen molar-refractivity contribution in [2.24, 2.45) is 5.73 Å². The molecule has 1 aromatic heterocycles. The fraction of sp³-hybridized carbons (Fsp3) is 0.143. The van der Waals surface area contributed by atoms with Gasteiger partial charge in [0.15, 0.2) is 0 Å². The van der Waals surface area contributed by atoms with Gasteiger partial charge in [-0.1, -0.05) is 35.4 Å². The Bertz CT molecular complexity index is 686. The molecule has 3 N–H and O–H groups in total. The average Bonchev–Trinajstić information content (AvgIpc) is 2.32. The lowest BCUT2D eigenvalue weighted by atomic mass is 10.1. The third-order valence-electron chi connectivity index (χ3n) is 2.77. The van der Waals surface area contributed by atoms with E-state index in [4.69, 9.17) is 41.2 Å². The molecule has 104 valence electrons. The van der Waals surface area contributed by atoms with Gasteiger partial charge in [0.2, 0.25) is 0 Å². The zero-order valence-corrected chi connectivity index (χ0v) is 13.3. The molecule has 3 nitrogen and oxygen atoms in total. The second-order valence-electron chi connectivity index (χ2n) is 4.39. The van der Waals surface area contributed by atoms with Crippen LogP contribution < -0.4 is 11.1 Å². The number of pyridine rings is 1. The summed E-state index contributed by atoms with van der Waals surface area (Å²) in [4.78, 5) is 4.66. The Morgan fingerprint density at radius 3 is 2.55 bits per heavy atom. The van der Waals surface area contributed by atoms with Gasteiger partial charge in [0, 0.05) is 16.4 Å². The number of aryl methyl sites for hydroxylation is 2. The summed E-state index contributed by atoms with van der Waals surface area (Å²) in [5.41, 5.74) is 9.60. The van der Waals surface area contributed by atoms with Crippen molar-refractivity contribution in [3.05, 3.63) is 51.3 Å². The van der Waals surface area contributed by atoms with E-state index in [-0.39, 0.29) is 4.99 Å². The molecule has 0 radical (unpaired) electrons. The predicted octanol–water partition coefficient (Wildman–Crippen LogP) is 4.38. The number of aromatic nitrogens is 1. The van der Waals surface area contributed by atoms with Gasteiger partial charge in [-0.05, 0) is 38.1 Å². The van der Waals surface area contributed by atoms with Gasteiger partial charge in [-0.15, -0.1) is 0 Å². The van der Waals surface area contributed by atoms with E-state index in [0.29, 0.717) is 21.3 Å². The molecule has 2 rings (SSSR count). The van der Waals surface area contributed by atoms with Crippen LogP contribution in [-0.4, -0.2) is 9.97 Å². The Labute approximate surface area is 133 Å². The zero-order chi connectivity index (χ0) is 14.9. The van der Waals surface area contributed by atoms with E-state index in [0.717, 1.165) is 17.1 Å². The Morgan fingerprint density at radius 1 is 1.20 bits per heavy atom. The van der Waals surface area contributed by atoms with Crippen LogP contribution in [0.2, 0.25) is 10.0 Å². The van der Waals surface area contributed by atoms with E-state index < -0.39 is 0 Å². The van der Waals surface area contributed by atoms with Crippen LogP contribution in [0.15, 0.2) is 24.3 Å². The van der Waals surface area contributed by atoms with E-state index in [9.17, 15) is 0 Å². The van der Waals surface area contributed by atoms with Crippen LogP contribution >= 0.6 is 35.4 Å². The second kappa shape index (κ2) is 5.95. The van der Waals surface area contributed by atoms with Crippen molar-refractivity contribution in [1.29, 1.82) is 0 Å². The first kappa shape index (κ1) is 15.0. The first-order valence-electron chi connectivity index (χ1n) is 5.88. The molecule has 0 saturated carbocycles. The van der Waals surface area contributed by atoms with Crippen LogP contribution in [0.5, 0.6) is 0 Å². The monoisotopic (exact) mass is 325 g/mol. The van der Waals surface area contributed by atoms with Gasteiger partial charge in [-0.3, -0.25) is 4.98 Å². The molecule has 20 heavy (non-hydrogen) atoms. The number of nitrogens with one attached hydrogen (secondary N) is 1. The van der Waals surface area contributed by atoms with Crippen LogP contribution in [0.25, 0.3) is 0 Å². The quantitative estimate of drug-likeness (QED) is 0.822. The summed E-state index contributed by atoms with van der Waals surface area (Å²) in [7, 11) is 0. The Morgan fingerprint density at radius 2 is 1.90 bits per heavy atom. The molecule has 0 aliphatic rings. The molecule has 0 unspecified atom stereocenters. The molecule has 0 bridgehead atoms. The molecule has 0 spiro atoms. The molecular formula is C14H13Cl2N3S. The number of rotatable bonds is 3. The third kappa shape index (κ3) is 3.20. The molecule has 0 aliphatic heterocycles. The van der Waals surface area contributed by atoms with Crippen LogP contribution in [0.1, 0.15) is 17.0 Å². The molecule has 0 atom stereocenters. The smallest absolute Gasteiger partial charge is 0.107 e. The first-order valence-corrected chi connectivity index (χ1v) is 7.05. The summed E-state index contributed by atoms with van der Waals surface area (Å²) in [6.07, 6.45) is 0. The summed E-state index contributed by atoms with van der Waals surface area (Å²) in [5.74, 6) is 0. The highest BCUT2D eigenvalue weighted by Gasteiger charge is 2.12. The maximum Gasteiger partial charge on any atom is 0.107 e. The minimum atomic E-state index is 0.288. The average molecular weight is 326 g/mol. The topological polar surface area (TPSA) is 50.9 Å². The van der Waals surface area contributed by atoms with Crippen LogP contribution in [0.4, 0.5) is 11.4 Å². The minimum absolute atomic E-state index is 0.288. The Balaban J connectivity index is 2.53. The molecular weight excluding hydrogens is 313 g/mol. The van der Waals surface area contributed by atoms with E-state index in [2.05, 4.69) is 10.3 Å². The fourth-order valence-electron chi connectivity index (χ4n) is 1.98. The van der Waals surface area contributed by atoms with Gasteiger partial charge in [0.1, 0.15) is 4.99 Å². The summed E-state index contributed by atoms with van der Waals surface area (Å²) >= 11 is 17.2. The number of thiocarbonyl (C=S) groups is 1. The number of hydrogen-bond acceptors (Lipinski definition) is 3. The van der Waals surface area contributed by atoms with Gasteiger partial charge in [-0.25, -0.2) is 0 Å². The van der Waals surface area contributed by atoms with Crippen LogP contribution in [-0.2, 0) is 0 Å². The molecule has 0 saturated heterocycles. The SMILES string of the molecule is Cc1cc(Nc2cc(Cl)ccc2Cl)c(C(N)=S)c(C)n1. The fourth-order valence-corrected chi connectivity index (χ4v) is 2.57. The van der Waals surface area contributed by atoms with E-state index in [1.165, 1.54) is 0 Å². The van der Waals surface area contributed by atoms with Crippen molar-refractivity contribution in [2.45, 2.75) is 13.8 Å². The molecule has 0 amide bonds. The lowest BCUT2D eigenvalue weighted by Gasteiger charge is -2.15. The van der Waals surface area contributed by atoms with Gasteiger partial charge >= 0.3 is 0 Å². The van der Waals surface area contributed by atoms with Crippen molar-refractivity contribution >= 4 is 51.8 Å². The summed E-state index contributed by atoms with van der Waals surface area (Å²) in [6.45, 7) is 3.77. The summed E-state index contributed by atoms with van der Waals surface area (Å²) < 4.78 is 0. The van der Waals surface area contributed by atoms with Crippen LogP contribution in [0, 0.1) is 13.8 Å². The first-order chi connectivity index (χ1) is 9.38. The Kier molecular flexibility index (Phi) is 4.48. The van der Waals surface area contributed by atoms with Gasteiger partial charge in [0.25, 0.3) is 0 Å². The summed E-state index contributed by atoms with van der Waals surface area (Å²) in [6, 6.07) is 7.08. The van der Waals surface area contributed by atoms with Crippen LogP contribution in [0.3, 0.4) is 0 Å². The summed E-state index contributed by atoms with van der Waals surface area (Å²) in [5, 5.41) is 4.38. The van der Waals surface area contributed by atoms with E-state index >= 15 is 0 Å². The molecule has 0 fully saturated rings. The second-order valence-corrected chi connectivity index (χ2v) is 5.67. The molecule has 1 heterocycles. The lowest BCUT2D eigenvalue weighted by molar-refractivity contribution is 1.12. The van der Waals surface area contributed by atoms with Crippen molar-refractivity contribution in [2.75, 3.05) is 5.32 Å². The van der Waals surface area contributed by atoms with Crippen molar-refractivity contribution in [1.82, 2.24) is 4.98 Å². The number of nitrogens with zero attached hydrogens (tertiary/aromatic N) is 1. The number of halogens is 2. The maximum atomic E-state index is 6.16. The van der Waals surface area contributed by atoms with E-state index in [1.807, 2.05) is 19.9 Å². The Hall–Kier alpha value is -1.36. The number of anilines is 2. The van der Waals surface area contributed by atoms with Crippen molar-refractivity contribution < 1.29 is 0 Å². The number of benzene rings is 1. The maximum absolute atomic E-state index is 6.16. The van der Waals surface area contributed by atoms with Crippen molar-refractivity contribution in [3.8, 4) is 0 Å².